The molecule has 1 heterocycles. The molecular weight excluding hydrogens is 413 g/mol. The van der Waals surface area contributed by atoms with Crippen molar-refractivity contribution in [2.75, 3.05) is 27.2 Å². The zero-order chi connectivity index (χ0) is 16.5. The number of hydrogen-bond donors (Lipinski definition) is 2. The van der Waals surface area contributed by atoms with Crippen LogP contribution in [-0.4, -0.2) is 43.0 Å². The first kappa shape index (κ1) is 20.4. The summed E-state index contributed by atoms with van der Waals surface area (Å²) in [5.41, 5.74) is 8.25. The van der Waals surface area contributed by atoms with Gasteiger partial charge in [-0.05, 0) is 31.8 Å². The van der Waals surface area contributed by atoms with Crippen molar-refractivity contribution in [3.05, 3.63) is 66.0 Å². The minimum Gasteiger partial charge on any atom is -0.370 e. The molecule has 5 nitrogen and oxygen atoms in total. The molecule has 1 aromatic heterocycles. The van der Waals surface area contributed by atoms with E-state index in [1.54, 1.807) is 6.20 Å². The fourth-order valence-corrected chi connectivity index (χ4v) is 2.35. The van der Waals surface area contributed by atoms with Crippen molar-refractivity contribution >= 4 is 29.9 Å². The summed E-state index contributed by atoms with van der Waals surface area (Å²) in [6.07, 6.45) is 2.63. The number of pyridine rings is 1. The van der Waals surface area contributed by atoms with Crippen molar-refractivity contribution in [2.24, 2.45) is 10.7 Å². The van der Waals surface area contributed by atoms with Crippen molar-refractivity contribution in [1.29, 1.82) is 0 Å². The molecule has 1 atom stereocenters. The van der Waals surface area contributed by atoms with Crippen LogP contribution >= 0.6 is 24.0 Å². The Labute approximate surface area is 161 Å². The molecule has 2 aromatic rings. The van der Waals surface area contributed by atoms with Gasteiger partial charge in [0.05, 0.1) is 12.6 Å². The monoisotopic (exact) mass is 439 g/mol. The second-order valence-electron chi connectivity index (χ2n) is 5.61. The third kappa shape index (κ3) is 6.84. The Morgan fingerprint density at radius 1 is 1.17 bits per heavy atom. The molecule has 0 saturated heterocycles. The first-order chi connectivity index (χ1) is 11.2. The fourth-order valence-electron chi connectivity index (χ4n) is 2.35. The molecular formula is C18H26IN5. The molecule has 0 fully saturated rings. The van der Waals surface area contributed by atoms with E-state index in [2.05, 4.69) is 46.4 Å². The van der Waals surface area contributed by atoms with Crippen molar-refractivity contribution in [2.45, 2.75) is 12.5 Å². The van der Waals surface area contributed by atoms with Gasteiger partial charge in [0, 0.05) is 24.9 Å². The van der Waals surface area contributed by atoms with Crippen LogP contribution in [0, 0.1) is 0 Å². The standard InChI is InChI=1S/C18H25N5.HI/c1-23(2)17(15-8-4-3-5-9-15)14-22-18(19)21-13-11-16-10-6-7-12-20-16;/h3-10,12,17H,11,13-14H2,1-2H3,(H3,19,21,22);1H. The maximum atomic E-state index is 5.96. The van der Waals surface area contributed by atoms with Gasteiger partial charge < -0.3 is 16.0 Å². The molecule has 0 saturated carbocycles. The number of rotatable bonds is 7. The highest BCUT2D eigenvalue weighted by Crippen LogP contribution is 2.17. The Morgan fingerprint density at radius 3 is 2.50 bits per heavy atom. The third-order valence-electron chi connectivity index (χ3n) is 3.66. The highest BCUT2D eigenvalue weighted by atomic mass is 127. The van der Waals surface area contributed by atoms with Crippen molar-refractivity contribution in [3.63, 3.8) is 0 Å². The Hall–Kier alpha value is -1.67. The maximum Gasteiger partial charge on any atom is 0.188 e. The number of aromatic nitrogens is 1. The topological polar surface area (TPSA) is 66.5 Å². The smallest absolute Gasteiger partial charge is 0.188 e. The minimum absolute atomic E-state index is 0. The van der Waals surface area contributed by atoms with Gasteiger partial charge in [0.2, 0.25) is 0 Å². The third-order valence-corrected chi connectivity index (χ3v) is 3.66. The number of aliphatic imine (C=N–C) groups is 1. The molecule has 1 aromatic carbocycles. The van der Waals surface area contributed by atoms with Crippen LogP contribution in [0.4, 0.5) is 0 Å². The van der Waals surface area contributed by atoms with E-state index in [4.69, 9.17) is 5.73 Å². The molecule has 0 bridgehead atoms. The van der Waals surface area contributed by atoms with Crippen LogP contribution in [0.25, 0.3) is 0 Å². The molecule has 0 aliphatic rings. The van der Waals surface area contributed by atoms with Gasteiger partial charge >= 0.3 is 0 Å². The zero-order valence-corrected chi connectivity index (χ0v) is 16.6. The highest BCUT2D eigenvalue weighted by molar-refractivity contribution is 14.0. The van der Waals surface area contributed by atoms with E-state index in [0.717, 1.165) is 18.7 Å². The van der Waals surface area contributed by atoms with Crippen LogP contribution in [0.1, 0.15) is 17.3 Å². The van der Waals surface area contributed by atoms with Gasteiger partial charge in [-0.15, -0.1) is 24.0 Å². The quantitative estimate of drug-likeness (QED) is 0.395. The van der Waals surface area contributed by atoms with Crippen LogP contribution < -0.4 is 11.1 Å². The molecule has 130 valence electrons. The van der Waals surface area contributed by atoms with Gasteiger partial charge in [-0.1, -0.05) is 36.4 Å². The SMILES string of the molecule is CN(C)C(CN=C(N)NCCc1ccccn1)c1ccccc1.I. The predicted molar refractivity (Wildman–Crippen MR) is 111 cm³/mol. The van der Waals surface area contributed by atoms with E-state index in [-0.39, 0.29) is 30.0 Å². The predicted octanol–water partition coefficient (Wildman–Crippen LogP) is 2.45. The lowest BCUT2D eigenvalue weighted by Crippen LogP contribution is -2.34. The van der Waals surface area contributed by atoms with E-state index in [9.17, 15) is 0 Å². The highest BCUT2D eigenvalue weighted by Gasteiger charge is 2.13. The number of nitrogens with two attached hydrogens (primary N) is 1. The number of nitrogens with one attached hydrogen (secondary N) is 1. The average Bonchev–Trinajstić information content (AvgIpc) is 2.57. The summed E-state index contributed by atoms with van der Waals surface area (Å²) in [4.78, 5) is 10.9. The summed E-state index contributed by atoms with van der Waals surface area (Å²) in [5, 5.41) is 3.15. The zero-order valence-electron chi connectivity index (χ0n) is 14.2. The van der Waals surface area contributed by atoms with Crippen LogP contribution in [0.2, 0.25) is 0 Å². The number of likely N-dealkylation sites (N-methyl/N-ethyl adjacent to an activating group) is 1. The van der Waals surface area contributed by atoms with Gasteiger partial charge in [-0.3, -0.25) is 9.98 Å². The summed E-state index contributed by atoms with van der Waals surface area (Å²) >= 11 is 0. The average molecular weight is 439 g/mol. The van der Waals surface area contributed by atoms with E-state index in [1.807, 2.05) is 36.4 Å². The van der Waals surface area contributed by atoms with Gasteiger partial charge in [0.1, 0.15) is 0 Å². The molecule has 0 aliphatic heterocycles. The first-order valence-corrected chi connectivity index (χ1v) is 7.82. The fraction of sp³-hybridized carbons (Fsp3) is 0.333. The Bertz CT molecular complexity index is 601. The van der Waals surface area contributed by atoms with Crippen molar-refractivity contribution in [3.8, 4) is 0 Å². The Balaban J connectivity index is 0.00000288. The Kier molecular flexibility index (Phi) is 9.33. The molecule has 3 N–H and O–H groups in total. The summed E-state index contributed by atoms with van der Waals surface area (Å²) in [7, 11) is 4.11. The number of guanidine groups is 1. The molecule has 2 rings (SSSR count). The van der Waals surface area contributed by atoms with Crippen molar-refractivity contribution in [1.82, 2.24) is 15.2 Å². The summed E-state index contributed by atoms with van der Waals surface area (Å²) in [6, 6.07) is 16.5. The summed E-state index contributed by atoms with van der Waals surface area (Å²) in [6.45, 7) is 1.35. The van der Waals surface area contributed by atoms with Gasteiger partial charge in [0.25, 0.3) is 0 Å². The van der Waals surface area contributed by atoms with Crippen LogP contribution in [-0.2, 0) is 6.42 Å². The maximum absolute atomic E-state index is 5.96. The van der Waals surface area contributed by atoms with Crippen LogP contribution in [0.15, 0.2) is 59.7 Å². The molecule has 0 amide bonds. The molecule has 6 heteroatoms. The van der Waals surface area contributed by atoms with Gasteiger partial charge in [0.15, 0.2) is 5.96 Å². The summed E-state index contributed by atoms with van der Waals surface area (Å²) in [5.74, 6) is 0.476. The normalized spacial score (nSPS) is 12.5. The first-order valence-electron chi connectivity index (χ1n) is 7.82. The summed E-state index contributed by atoms with van der Waals surface area (Å²) < 4.78 is 0. The second kappa shape index (κ2) is 11.0. The van der Waals surface area contributed by atoms with Gasteiger partial charge in [-0.25, -0.2) is 0 Å². The molecule has 0 spiro atoms. The second-order valence-corrected chi connectivity index (χ2v) is 5.61. The number of halogens is 1. The van der Waals surface area contributed by atoms with E-state index in [0.29, 0.717) is 12.5 Å². The largest absolute Gasteiger partial charge is 0.370 e. The molecule has 1 unspecified atom stereocenters. The molecule has 0 aliphatic carbocycles. The minimum atomic E-state index is 0. The van der Waals surface area contributed by atoms with Gasteiger partial charge in [-0.2, -0.15) is 0 Å². The van der Waals surface area contributed by atoms with Crippen molar-refractivity contribution < 1.29 is 0 Å². The lowest BCUT2D eigenvalue weighted by molar-refractivity contribution is 0.306. The van der Waals surface area contributed by atoms with E-state index in [1.165, 1.54) is 5.56 Å². The molecule has 0 radical (unpaired) electrons. The molecule has 24 heavy (non-hydrogen) atoms. The van der Waals surface area contributed by atoms with E-state index >= 15 is 0 Å². The van der Waals surface area contributed by atoms with E-state index < -0.39 is 0 Å². The number of nitrogens with zero attached hydrogens (tertiary/aromatic N) is 3. The number of benzene rings is 1. The lowest BCUT2D eigenvalue weighted by atomic mass is 10.1. The lowest BCUT2D eigenvalue weighted by Gasteiger charge is -2.23. The van der Waals surface area contributed by atoms with Crippen LogP contribution in [0.3, 0.4) is 0 Å². The Morgan fingerprint density at radius 2 is 1.88 bits per heavy atom. The van der Waals surface area contributed by atoms with Crippen LogP contribution in [0.5, 0.6) is 0 Å². The number of hydrogen-bond acceptors (Lipinski definition) is 3.